The summed E-state index contributed by atoms with van der Waals surface area (Å²) >= 11 is 0. The molecule has 0 radical (unpaired) electrons. The molecular weight excluding hydrogens is 373 g/mol. The highest BCUT2D eigenvalue weighted by Crippen LogP contribution is 2.28. The predicted octanol–water partition coefficient (Wildman–Crippen LogP) is 2.04. The molecule has 0 unspecified atom stereocenters. The van der Waals surface area contributed by atoms with Crippen molar-refractivity contribution < 1.29 is 17.9 Å². The summed E-state index contributed by atoms with van der Waals surface area (Å²) in [5.74, 6) is 1.14. The summed E-state index contributed by atoms with van der Waals surface area (Å²) in [4.78, 5) is 10.2. The molecule has 28 heavy (non-hydrogen) atoms. The molecule has 10 heteroatoms. The quantitative estimate of drug-likeness (QED) is 0.281. The molecule has 1 rings (SSSR count). The number of nitrogens with one attached hydrogen (secondary N) is 3. The van der Waals surface area contributed by atoms with Crippen LogP contribution in [0.5, 0.6) is 0 Å². The Balaban J connectivity index is 2.15. The lowest BCUT2D eigenvalue weighted by Crippen LogP contribution is -2.41. The fourth-order valence-corrected chi connectivity index (χ4v) is 2.35. The van der Waals surface area contributed by atoms with E-state index < -0.39 is 11.7 Å². The topological polar surface area (TPSA) is 73.8 Å². The Morgan fingerprint density at radius 1 is 1.14 bits per heavy atom. The minimum absolute atomic E-state index is 0.423. The molecule has 0 amide bonds. The van der Waals surface area contributed by atoms with E-state index in [0.717, 1.165) is 57.3 Å². The zero-order valence-electron chi connectivity index (χ0n) is 16.8. The lowest BCUT2D eigenvalue weighted by Gasteiger charge is -2.18. The van der Waals surface area contributed by atoms with Gasteiger partial charge in [0.15, 0.2) is 5.96 Å². The molecular formula is C18H31F3N6O. The van der Waals surface area contributed by atoms with Crippen molar-refractivity contribution in [3.8, 4) is 0 Å². The molecule has 0 fully saturated rings. The van der Waals surface area contributed by atoms with E-state index in [4.69, 9.17) is 4.74 Å². The molecule has 0 aromatic carbocycles. The number of rotatable bonds is 12. The Kier molecular flexibility index (Phi) is 11.3. The largest absolute Gasteiger partial charge is 0.417 e. The van der Waals surface area contributed by atoms with E-state index in [9.17, 15) is 13.2 Å². The zero-order valence-corrected chi connectivity index (χ0v) is 16.8. The monoisotopic (exact) mass is 404 g/mol. The summed E-state index contributed by atoms with van der Waals surface area (Å²) < 4.78 is 42.5. The number of pyridine rings is 1. The Bertz CT molecular complexity index is 565. The average Bonchev–Trinajstić information content (AvgIpc) is 2.66. The molecule has 0 aliphatic rings. The van der Waals surface area contributed by atoms with Gasteiger partial charge in [-0.15, -0.1) is 0 Å². The second-order valence-electron chi connectivity index (χ2n) is 6.29. The van der Waals surface area contributed by atoms with E-state index in [1.807, 2.05) is 0 Å². The number of aromatic nitrogens is 1. The van der Waals surface area contributed by atoms with Crippen molar-refractivity contribution in [1.82, 2.24) is 20.5 Å². The molecule has 0 aliphatic carbocycles. The smallest absolute Gasteiger partial charge is 0.385 e. The number of aliphatic imine (C=N–C) groups is 1. The van der Waals surface area contributed by atoms with Crippen molar-refractivity contribution >= 4 is 11.8 Å². The highest BCUT2D eigenvalue weighted by atomic mass is 19.4. The first kappa shape index (κ1) is 24.0. The van der Waals surface area contributed by atoms with E-state index in [1.54, 1.807) is 14.2 Å². The third-order valence-electron chi connectivity index (χ3n) is 3.94. The van der Waals surface area contributed by atoms with Gasteiger partial charge in [-0.05, 0) is 32.0 Å². The van der Waals surface area contributed by atoms with Gasteiger partial charge in [0.2, 0.25) is 0 Å². The molecule has 0 bridgehead atoms. The van der Waals surface area contributed by atoms with Gasteiger partial charge in [-0.1, -0.05) is 0 Å². The molecule has 0 spiro atoms. The minimum atomic E-state index is -4.36. The van der Waals surface area contributed by atoms with Crippen LogP contribution in [0.15, 0.2) is 23.3 Å². The van der Waals surface area contributed by atoms with E-state index in [1.165, 1.54) is 6.07 Å². The summed E-state index contributed by atoms with van der Waals surface area (Å²) in [6.45, 7) is 4.67. The summed E-state index contributed by atoms with van der Waals surface area (Å²) in [5.41, 5.74) is -0.751. The van der Waals surface area contributed by atoms with Gasteiger partial charge in [0.25, 0.3) is 0 Å². The number of halogens is 3. The van der Waals surface area contributed by atoms with Crippen LogP contribution in [0.25, 0.3) is 0 Å². The number of nitrogens with zero attached hydrogens (tertiary/aromatic N) is 3. The Labute approximate surface area is 164 Å². The maximum Gasteiger partial charge on any atom is 0.417 e. The second kappa shape index (κ2) is 13.2. The van der Waals surface area contributed by atoms with Crippen LogP contribution in [0.1, 0.15) is 18.4 Å². The standard InChI is InChI=1S/C18H31F3N6O/c1-22-17(25-10-12-27(2)11-5-13-28-3)24-9-4-8-23-16-7-6-15(14-26-16)18(19,20)21/h6-7,14H,4-5,8-13H2,1-3H3,(H,23,26)(H2,22,24,25). The first-order chi connectivity index (χ1) is 13.4. The van der Waals surface area contributed by atoms with E-state index >= 15 is 0 Å². The number of anilines is 1. The number of methoxy groups -OCH3 is 1. The van der Waals surface area contributed by atoms with Crippen molar-refractivity contribution in [2.75, 3.05) is 65.9 Å². The van der Waals surface area contributed by atoms with Gasteiger partial charge in [-0.2, -0.15) is 13.2 Å². The maximum absolute atomic E-state index is 12.5. The van der Waals surface area contributed by atoms with Crippen LogP contribution in [0.3, 0.4) is 0 Å². The van der Waals surface area contributed by atoms with E-state index in [0.29, 0.717) is 18.9 Å². The Morgan fingerprint density at radius 3 is 2.50 bits per heavy atom. The molecule has 0 atom stereocenters. The molecule has 1 aromatic rings. The lowest BCUT2D eigenvalue weighted by molar-refractivity contribution is -0.137. The normalized spacial score (nSPS) is 12.3. The van der Waals surface area contributed by atoms with Crippen LogP contribution in [0, 0.1) is 0 Å². The zero-order chi connectivity index (χ0) is 20.8. The van der Waals surface area contributed by atoms with Gasteiger partial charge in [-0.25, -0.2) is 4.98 Å². The number of likely N-dealkylation sites (N-methyl/N-ethyl adjacent to an activating group) is 1. The van der Waals surface area contributed by atoms with Crippen molar-refractivity contribution in [2.24, 2.45) is 4.99 Å². The SMILES string of the molecule is CN=C(NCCCNc1ccc(C(F)(F)F)cn1)NCCN(C)CCCOC. The minimum Gasteiger partial charge on any atom is -0.385 e. The number of hydrogen-bond donors (Lipinski definition) is 3. The van der Waals surface area contributed by atoms with Crippen molar-refractivity contribution in [3.63, 3.8) is 0 Å². The molecule has 0 saturated carbocycles. The van der Waals surface area contributed by atoms with Gasteiger partial charge < -0.3 is 25.6 Å². The first-order valence-corrected chi connectivity index (χ1v) is 9.26. The summed E-state index contributed by atoms with van der Waals surface area (Å²) in [6, 6.07) is 2.35. The van der Waals surface area contributed by atoms with Crippen molar-refractivity contribution in [3.05, 3.63) is 23.9 Å². The highest BCUT2D eigenvalue weighted by Gasteiger charge is 2.30. The van der Waals surface area contributed by atoms with Crippen LogP contribution in [-0.2, 0) is 10.9 Å². The summed E-state index contributed by atoms with van der Waals surface area (Å²) in [7, 11) is 5.48. The van der Waals surface area contributed by atoms with Crippen LogP contribution >= 0.6 is 0 Å². The Morgan fingerprint density at radius 2 is 1.89 bits per heavy atom. The number of alkyl halides is 3. The third-order valence-corrected chi connectivity index (χ3v) is 3.94. The van der Waals surface area contributed by atoms with Gasteiger partial charge in [0, 0.05) is 59.7 Å². The molecule has 160 valence electrons. The number of hydrogen-bond acceptors (Lipinski definition) is 5. The van der Waals surface area contributed by atoms with Crippen LogP contribution in [0.4, 0.5) is 19.0 Å². The van der Waals surface area contributed by atoms with E-state index in [-0.39, 0.29) is 0 Å². The maximum atomic E-state index is 12.5. The third kappa shape index (κ3) is 10.3. The molecule has 0 aliphatic heterocycles. The van der Waals surface area contributed by atoms with E-state index in [2.05, 4.69) is 37.9 Å². The first-order valence-electron chi connectivity index (χ1n) is 9.26. The van der Waals surface area contributed by atoms with Crippen LogP contribution in [-0.4, -0.2) is 76.4 Å². The van der Waals surface area contributed by atoms with Gasteiger partial charge in [0.1, 0.15) is 5.82 Å². The fraction of sp³-hybridized carbons (Fsp3) is 0.667. The molecule has 1 heterocycles. The lowest BCUT2D eigenvalue weighted by atomic mass is 10.3. The molecule has 0 saturated heterocycles. The van der Waals surface area contributed by atoms with Gasteiger partial charge in [-0.3, -0.25) is 4.99 Å². The molecule has 1 aromatic heterocycles. The molecule has 3 N–H and O–H groups in total. The number of ether oxygens (including phenoxy) is 1. The second-order valence-corrected chi connectivity index (χ2v) is 6.29. The van der Waals surface area contributed by atoms with Crippen LogP contribution < -0.4 is 16.0 Å². The van der Waals surface area contributed by atoms with Crippen molar-refractivity contribution in [1.29, 1.82) is 0 Å². The summed E-state index contributed by atoms with van der Waals surface area (Å²) in [5, 5.41) is 9.45. The average molecular weight is 404 g/mol. The predicted molar refractivity (Wildman–Crippen MR) is 106 cm³/mol. The Hall–Kier alpha value is -2.07. The molecule has 7 nitrogen and oxygen atoms in total. The van der Waals surface area contributed by atoms with Gasteiger partial charge >= 0.3 is 6.18 Å². The highest BCUT2D eigenvalue weighted by molar-refractivity contribution is 5.79. The fourth-order valence-electron chi connectivity index (χ4n) is 2.35. The summed E-state index contributed by atoms with van der Waals surface area (Å²) in [6.07, 6.45) is -1.77. The number of guanidine groups is 1. The van der Waals surface area contributed by atoms with Crippen LogP contribution in [0.2, 0.25) is 0 Å². The van der Waals surface area contributed by atoms with Gasteiger partial charge in [0.05, 0.1) is 5.56 Å². The van der Waals surface area contributed by atoms with Crippen molar-refractivity contribution in [2.45, 2.75) is 19.0 Å².